The molecule has 2 nitrogen and oxygen atoms in total. The maximum absolute atomic E-state index is 10.2. The van der Waals surface area contributed by atoms with E-state index in [0.29, 0.717) is 0 Å². The van der Waals surface area contributed by atoms with Crippen molar-refractivity contribution in [2.45, 2.75) is 0 Å². The quantitative estimate of drug-likeness (QED) is 0.546. The van der Waals surface area contributed by atoms with Crippen molar-refractivity contribution in [2.75, 3.05) is 6.61 Å². The third kappa shape index (κ3) is 4.46. The fraction of sp³-hybridized carbons (Fsp3) is 0.250. The van der Waals surface area contributed by atoms with Gasteiger partial charge in [-0.2, -0.15) is 0 Å². The van der Waals surface area contributed by atoms with E-state index >= 15 is 0 Å². The third-order valence-electron chi connectivity index (χ3n) is 0.409. The van der Waals surface area contributed by atoms with Gasteiger partial charge >= 0.3 is 61.7 Å². The molecule has 0 atom stereocenters. The van der Waals surface area contributed by atoms with Crippen LogP contribution in [0.5, 0.6) is 0 Å². The number of carbonyl (C=O) groups excluding carboxylic acids is 1. The van der Waals surface area contributed by atoms with Crippen LogP contribution in [0.1, 0.15) is 0 Å². The van der Waals surface area contributed by atoms with Crippen LogP contribution in [0.15, 0.2) is 12.7 Å². The predicted octanol–water partition coefficient (Wildman–Crippen LogP) is 1.17. The first-order chi connectivity index (χ1) is 3.81. The number of carbonyl (C=O) groups is 1. The first-order valence-electron chi connectivity index (χ1n) is 1.95. The van der Waals surface area contributed by atoms with Crippen LogP contribution in [0.4, 0.5) is 4.79 Å². The van der Waals surface area contributed by atoms with Gasteiger partial charge in [-0.15, -0.1) is 0 Å². The van der Waals surface area contributed by atoms with Crippen LogP contribution in [0, 0.1) is 0 Å². The zero-order valence-electron chi connectivity index (χ0n) is 4.19. The molecule has 0 rings (SSSR count). The number of hydrogen-bond acceptors (Lipinski definition) is 2. The van der Waals surface area contributed by atoms with Gasteiger partial charge in [0.15, 0.2) is 0 Å². The van der Waals surface area contributed by atoms with Gasteiger partial charge in [0.1, 0.15) is 0 Å². The molecular formula is C4H5ClO2Sn. The van der Waals surface area contributed by atoms with Gasteiger partial charge in [0, 0.05) is 0 Å². The van der Waals surface area contributed by atoms with E-state index in [-0.39, 0.29) is 10.6 Å². The minimum atomic E-state index is -1.35. The van der Waals surface area contributed by atoms with Crippen LogP contribution in [0.3, 0.4) is 0 Å². The van der Waals surface area contributed by atoms with Crippen molar-refractivity contribution < 1.29 is 9.53 Å². The van der Waals surface area contributed by atoms with Crippen molar-refractivity contribution in [1.29, 1.82) is 0 Å². The molecule has 0 saturated heterocycles. The number of ether oxygens (including phenoxy) is 1. The summed E-state index contributed by atoms with van der Waals surface area (Å²) in [6.45, 7) is 3.65. The van der Waals surface area contributed by atoms with Crippen LogP contribution in [-0.2, 0) is 4.74 Å². The monoisotopic (exact) mass is 240 g/mol. The molecule has 8 heavy (non-hydrogen) atoms. The van der Waals surface area contributed by atoms with E-state index in [9.17, 15) is 4.79 Å². The Morgan fingerprint density at radius 2 is 2.62 bits per heavy atom. The topological polar surface area (TPSA) is 26.3 Å². The van der Waals surface area contributed by atoms with Gasteiger partial charge in [0.05, 0.1) is 0 Å². The van der Waals surface area contributed by atoms with Crippen molar-refractivity contribution in [3.63, 3.8) is 0 Å². The molecule has 0 aromatic carbocycles. The average Bonchev–Trinajstić information content (AvgIpc) is 1.83. The summed E-state index contributed by atoms with van der Waals surface area (Å²) in [5.41, 5.74) is 0. The molecule has 0 amide bonds. The molecule has 44 valence electrons. The summed E-state index contributed by atoms with van der Waals surface area (Å²) in [6.07, 6.45) is 1.52. The van der Waals surface area contributed by atoms with Gasteiger partial charge < -0.3 is 0 Å². The second-order valence-electron chi connectivity index (χ2n) is 0.982. The van der Waals surface area contributed by atoms with Crippen LogP contribution < -0.4 is 0 Å². The Labute approximate surface area is 61.8 Å². The maximum atomic E-state index is 10.2. The van der Waals surface area contributed by atoms with E-state index in [1.54, 1.807) is 0 Å². The Balaban J connectivity index is 3.11. The van der Waals surface area contributed by atoms with Crippen LogP contribution >= 0.6 is 8.92 Å². The summed E-state index contributed by atoms with van der Waals surface area (Å²) in [7, 11) is 5.25. The van der Waals surface area contributed by atoms with Gasteiger partial charge in [0.25, 0.3) is 0 Å². The number of rotatable bonds is 3. The van der Waals surface area contributed by atoms with E-state index in [4.69, 9.17) is 8.92 Å². The molecule has 0 aromatic rings. The second kappa shape index (κ2) is 5.44. The predicted molar refractivity (Wildman–Crippen MR) is 33.2 cm³/mol. The number of hydrogen-bond donors (Lipinski definition) is 0. The van der Waals surface area contributed by atoms with Crippen molar-refractivity contribution in [3.05, 3.63) is 12.7 Å². The third-order valence-corrected chi connectivity index (χ3v) is 2.30. The molecule has 2 radical (unpaired) electrons. The molecule has 4 heteroatoms. The number of halogens is 1. The van der Waals surface area contributed by atoms with E-state index < -0.39 is 20.0 Å². The minimum absolute atomic E-state index is 0.241. The Hall–Kier alpha value is 0.299. The molecule has 0 fully saturated rings. The zero-order chi connectivity index (χ0) is 6.41. The molecule has 0 aliphatic carbocycles. The summed E-state index contributed by atoms with van der Waals surface area (Å²) < 4.78 is 4.29. The fourth-order valence-corrected chi connectivity index (χ4v) is 0.921. The van der Waals surface area contributed by atoms with Crippen molar-refractivity contribution >= 4 is 32.9 Å². The molecule has 0 heterocycles. The summed E-state index contributed by atoms with van der Waals surface area (Å²) in [5, 5.41) is 0. The SMILES string of the molecule is C=CCO[C](=O)[Sn][Cl]. The van der Waals surface area contributed by atoms with Gasteiger partial charge in [-0.05, 0) is 0 Å². The van der Waals surface area contributed by atoms with Crippen LogP contribution in [0.25, 0.3) is 0 Å². The zero-order valence-corrected chi connectivity index (χ0v) is 7.80. The molecule has 0 unspecified atom stereocenters. The standard InChI is InChI=1S/C4H5O2.ClH.Sn/c1-2-3-6-4-5;;/h2H,1,3H2;1H;/q;;+1/p-1. The van der Waals surface area contributed by atoms with Crippen molar-refractivity contribution in [3.8, 4) is 0 Å². The average molecular weight is 239 g/mol. The van der Waals surface area contributed by atoms with Gasteiger partial charge in [-0.3, -0.25) is 0 Å². The molecular weight excluding hydrogens is 234 g/mol. The van der Waals surface area contributed by atoms with Gasteiger partial charge in [0.2, 0.25) is 0 Å². The van der Waals surface area contributed by atoms with Crippen molar-refractivity contribution in [2.24, 2.45) is 0 Å². The molecule has 0 saturated carbocycles. The Morgan fingerprint density at radius 3 is 3.00 bits per heavy atom. The fourth-order valence-electron chi connectivity index (χ4n) is 0.162. The molecule has 0 spiro atoms. The van der Waals surface area contributed by atoms with Gasteiger partial charge in [-0.25, -0.2) is 0 Å². The Kier molecular flexibility index (Phi) is 5.64. The summed E-state index contributed by atoms with van der Waals surface area (Å²) in [5.74, 6) is 0. The van der Waals surface area contributed by atoms with E-state index in [1.807, 2.05) is 0 Å². The first kappa shape index (κ1) is 8.30. The molecule has 0 aromatic heterocycles. The second-order valence-corrected chi connectivity index (χ2v) is 3.95. The molecule has 0 aliphatic rings. The summed E-state index contributed by atoms with van der Waals surface area (Å²) >= 11 is -1.35. The summed E-state index contributed by atoms with van der Waals surface area (Å²) in [4.78, 5) is 10.2. The van der Waals surface area contributed by atoms with Crippen LogP contribution in [-0.4, -0.2) is 30.6 Å². The van der Waals surface area contributed by atoms with Gasteiger partial charge in [-0.1, -0.05) is 0 Å². The van der Waals surface area contributed by atoms with Crippen molar-refractivity contribution in [1.82, 2.24) is 0 Å². The first-order valence-corrected chi connectivity index (χ1v) is 6.99. The molecule has 0 aliphatic heterocycles. The van der Waals surface area contributed by atoms with E-state index in [1.165, 1.54) is 6.08 Å². The molecule has 0 bridgehead atoms. The summed E-state index contributed by atoms with van der Waals surface area (Å²) in [6, 6.07) is 0. The van der Waals surface area contributed by atoms with E-state index in [0.717, 1.165) is 0 Å². The normalized spacial score (nSPS) is 8.12. The van der Waals surface area contributed by atoms with Crippen LogP contribution in [0.2, 0.25) is 0 Å². The molecule has 0 N–H and O–H groups in total. The Morgan fingerprint density at radius 1 is 2.00 bits per heavy atom. The Bertz CT molecular complexity index is 94.0. The van der Waals surface area contributed by atoms with E-state index in [2.05, 4.69) is 11.3 Å².